The number of rotatable bonds is 5. The van der Waals surface area contributed by atoms with Crippen molar-refractivity contribution >= 4 is 0 Å². The van der Waals surface area contributed by atoms with Crippen LogP contribution in [0.3, 0.4) is 0 Å². The zero-order chi connectivity index (χ0) is 12.8. The smallest absolute Gasteiger partial charge is 0.141 e. The van der Waals surface area contributed by atoms with Crippen LogP contribution in [0.5, 0.6) is 0 Å². The normalized spacial score (nSPS) is 18.8. The lowest BCUT2D eigenvalue weighted by molar-refractivity contribution is 0.0810. The number of aromatic nitrogens is 1. The fraction of sp³-hybridized carbons (Fsp3) is 0.643. The number of nitrogens with zero attached hydrogens (tertiary/aromatic N) is 1. The molecular formula is C14H21FN2O. The summed E-state index contributed by atoms with van der Waals surface area (Å²) in [4.78, 5) is 3.82. The molecule has 3 nitrogen and oxygen atoms in total. The van der Waals surface area contributed by atoms with E-state index in [2.05, 4.69) is 10.3 Å². The molecule has 1 heterocycles. The fourth-order valence-electron chi connectivity index (χ4n) is 2.72. The molecule has 0 spiro atoms. The van der Waals surface area contributed by atoms with Crippen molar-refractivity contribution in [2.24, 2.45) is 5.41 Å². The van der Waals surface area contributed by atoms with Gasteiger partial charge in [-0.1, -0.05) is 19.3 Å². The van der Waals surface area contributed by atoms with E-state index in [1.54, 1.807) is 6.20 Å². The minimum absolute atomic E-state index is 0.0268. The number of aliphatic hydroxyl groups is 1. The number of aliphatic hydroxyl groups excluding tert-OH is 1. The first-order chi connectivity index (χ1) is 8.74. The lowest BCUT2D eigenvalue weighted by Gasteiger charge is -2.35. The third kappa shape index (κ3) is 3.50. The third-order valence-corrected chi connectivity index (χ3v) is 3.84. The van der Waals surface area contributed by atoms with Gasteiger partial charge in [0.2, 0.25) is 0 Å². The van der Waals surface area contributed by atoms with Gasteiger partial charge in [-0.2, -0.15) is 0 Å². The molecule has 2 N–H and O–H groups in total. The topological polar surface area (TPSA) is 45.1 Å². The van der Waals surface area contributed by atoms with E-state index >= 15 is 0 Å². The van der Waals surface area contributed by atoms with Crippen molar-refractivity contribution < 1.29 is 9.50 Å². The average molecular weight is 252 g/mol. The summed E-state index contributed by atoms with van der Waals surface area (Å²) >= 11 is 0. The van der Waals surface area contributed by atoms with Crippen molar-refractivity contribution in [3.8, 4) is 0 Å². The zero-order valence-corrected chi connectivity index (χ0v) is 10.7. The van der Waals surface area contributed by atoms with Gasteiger partial charge in [0.05, 0.1) is 6.20 Å². The Morgan fingerprint density at radius 2 is 2.06 bits per heavy atom. The number of halogens is 1. The predicted molar refractivity (Wildman–Crippen MR) is 68.5 cm³/mol. The highest BCUT2D eigenvalue weighted by atomic mass is 19.1. The van der Waals surface area contributed by atoms with Crippen LogP contribution in [0.15, 0.2) is 18.5 Å². The van der Waals surface area contributed by atoms with Crippen LogP contribution in [-0.4, -0.2) is 23.2 Å². The van der Waals surface area contributed by atoms with E-state index in [1.807, 2.05) is 0 Å². The zero-order valence-electron chi connectivity index (χ0n) is 10.7. The molecule has 18 heavy (non-hydrogen) atoms. The molecule has 0 aliphatic heterocycles. The Kier molecular flexibility index (Phi) is 4.66. The molecule has 1 aromatic rings. The Morgan fingerprint density at radius 1 is 1.28 bits per heavy atom. The number of pyridine rings is 1. The van der Waals surface area contributed by atoms with Gasteiger partial charge in [-0.15, -0.1) is 0 Å². The van der Waals surface area contributed by atoms with E-state index in [-0.39, 0.29) is 17.8 Å². The molecule has 1 saturated carbocycles. The van der Waals surface area contributed by atoms with Crippen LogP contribution < -0.4 is 5.32 Å². The van der Waals surface area contributed by atoms with Crippen molar-refractivity contribution in [1.82, 2.24) is 10.3 Å². The highest BCUT2D eigenvalue weighted by molar-refractivity contribution is 5.09. The Bertz CT molecular complexity index is 378. The molecule has 0 bridgehead atoms. The average Bonchev–Trinajstić information content (AvgIpc) is 2.40. The SMILES string of the molecule is OCC1(CNCc2cncc(F)c2)CCCCC1. The Balaban J connectivity index is 1.83. The molecule has 1 aliphatic rings. The van der Waals surface area contributed by atoms with E-state index in [9.17, 15) is 9.50 Å². The first kappa shape index (κ1) is 13.4. The standard InChI is InChI=1S/C14H21FN2O/c15-13-6-12(7-16-9-13)8-17-10-14(11-18)4-2-1-3-5-14/h6-7,9,17-18H,1-5,8,10-11H2. The molecule has 100 valence electrons. The van der Waals surface area contributed by atoms with Gasteiger partial charge in [0.25, 0.3) is 0 Å². The maximum atomic E-state index is 13.0. The molecule has 1 aliphatic carbocycles. The minimum atomic E-state index is -0.302. The van der Waals surface area contributed by atoms with Crippen LogP contribution >= 0.6 is 0 Å². The molecule has 0 radical (unpaired) electrons. The van der Waals surface area contributed by atoms with Crippen molar-refractivity contribution in [3.05, 3.63) is 29.8 Å². The number of hydrogen-bond donors (Lipinski definition) is 2. The van der Waals surface area contributed by atoms with Crippen molar-refractivity contribution in [3.63, 3.8) is 0 Å². The van der Waals surface area contributed by atoms with Gasteiger partial charge in [0, 0.05) is 31.3 Å². The molecule has 0 atom stereocenters. The minimum Gasteiger partial charge on any atom is -0.396 e. The summed E-state index contributed by atoms with van der Waals surface area (Å²) in [6.07, 6.45) is 8.71. The first-order valence-electron chi connectivity index (χ1n) is 6.65. The van der Waals surface area contributed by atoms with Crippen LogP contribution in [0, 0.1) is 11.2 Å². The van der Waals surface area contributed by atoms with Gasteiger partial charge < -0.3 is 10.4 Å². The fourth-order valence-corrected chi connectivity index (χ4v) is 2.72. The summed E-state index contributed by atoms with van der Waals surface area (Å²) in [5.74, 6) is -0.302. The summed E-state index contributed by atoms with van der Waals surface area (Å²) < 4.78 is 13.0. The maximum absolute atomic E-state index is 13.0. The predicted octanol–water partition coefficient (Wildman–Crippen LogP) is 2.25. The van der Waals surface area contributed by atoms with Crippen LogP contribution in [0.4, 0.5) is 4.39 Å². The summed E-state index contributed by atoms with van der Waals surface area (Å²) in [7, 11) is 0. The second-order valence-electron chi connectivity index (χ2n) is 5.33. The molecule has 4 heteroatoms. The van der Waals surface area contributed by atoms with Crippen molar-refractivity contribution in [1.29, 1.82) is 0 Å². The van der Waals surface area contributed by atoms with Crippen molar-refractivity contribution in [2.45, 2.75) is 38.6 Å². The van der Waals surface area contributed by atoms with Crippen LogP contribution in [-0.2, 0) is 6.54 Å². The molecule has 0 saturated heterocycles. The molecule has 1 fully saturated rings. The Hall–Kier alpha value is -1.00. The molecule has 0 amide bonds. The number of nitrogens with one attached hydrogen (secondary N) is 1. The third-order valence-electron chi connectivity index (χ3n) is 3.84. The van der Waals surface area contributed by atoms with Crippen molar-refractivity contribution in [2.75, 3.05) is 13.2 Å². The summed E-state index contributed by atoms with van der Waals surface area (Å²) in [6, 6.07) is 1.49. The molecule has 0 aromatic carbocycles. The Morgan fingerprint density at radius 3 is 2.72 bits per heavy atom. The summed E-state index contributed by atoms with van der Waals surface area (Å²) in [5.41, 5.74) is 0.873. The summed E-state index contributed by atoms with van der Waals surface area (Å²) in [5, 5.41) is 12.9. The second-order valence-corrected chi connectivity index (χ2v) is 5.33. The van der Waals surface area contributed by atoms with Gasteiger partial charge in [-0.3, -0.25) is 4.98 Å². The van der Waals surface area contributed by atoms with Gasteiger partial charge in [0.1, 0.15) is 5.82 Å². The van der Waals surface area contributed by atoms with E-state index in [1.165, 1.54) is 31.5 Å². The highest BCUT2D eigenvalue weighted by Gasteiger charge is 2.30. The highest BCUT2D eigenvalue weighted by Crippen LogP contribution is 2.35. The first-order valence-corrected chi connectivity index (χ1v) is 6.65. The van der Waals surface area contributed by atoms with Crippen LogP contribution in [0.25, 0.3) is 0 Å². The van der Waals surface area contributed by atoms with E-state index in [0.29, 0.717) is 6.54 Å². The monoisotopic (exact) mass is 252 g/mol. The number of hydrogen-bond acceptors (Lipinski definition) is 3. The maximum Gasteiger partial charge on any atom is 0.141 e. The van der Waals surface area contributed by atoms with Crippen LogP contribution in [0.1, 0.15) is 37.7 Å². The molecule has 1 aromatic heterocycles. The van der Waals surface area contributed by atoms with E-state index < -0.39 is 0 Å². The van der Waals surface area contributed by atoms with Gasteiger partial charge in [-0.05, 0) is 24.5 Å². The van der Waals surface area contributed by atoms with Gasteiger partial charge >= 0.3 is 0 Å². The van der Waals surface area contributed by atoms with Gasteiger partial charge in [-0.25, -0.2) is 4.39 Å². The molecule has 0 unspecified atom stereocenters. The largest absolute Gasteiger partial charge is 0.396 e. The molecule has 2 rings (SSSR count). The van der Waals surface area contributed by atoms with Gasteiger partial charge in [0.15, 0.2) is 0 Å². The van der Waals surface area contributed by atoms with Crippen LogP contribution in [0.2, 0.25) is 0 Å². The molecular weight excluding hydrogens is 231 g/mol. The second kappa shape index (κ2) is 6.25. The quantitative estimate of drug-likeness (QED) is 0.845. The van der Waals surface area contributed by atoms with E-state index in [0.717, 1.165) is 24.9 Å². The summed E-state index contributed by atoms with van der Waals surface area (Å²) in [6.45, 7) is 1.63. The Labute approximate surface area is 107 Å². The lowest BCUT2D eigenvalue weighted by atomic mass is 9.74. The lowest BCUT2D eigenvalue weighted by Crippen LogP contribution is -2.38. The van der Waals surface area contributed by atoms with E-state index in [4.69, 9.17) is 0 Å².